The fourth-order valence-electron chi connectivity index (χ4n) is 2.70. The third kappa shape index (κ3) is 2.17. The average molecular weight is 227 g/mol. The number of carbonyl (C=O) groups excluding carboxylic acids is 1. The van der Waals surface area contributed by atoms with E-state index in [1.165, 1.54) is 0 Å². The third-order valence-corrected chi connectivity index (χ3v) is 3.49. The Bertz CT molecular complexity index is 278. The topological polar surface area (TPSA) is 49.8 Å². The maximum absolute atomic E-state index is 11.9. The Morgan fingerprint density at radius 2 is 2.06 bits per heavy atom. The lowest BCUT2D eigenvalue weighted by molar-refractivity contribution is -0.0630. The Morgan fingerprint density at radius 1 is 1.44 bits per heavy atom. The summed E-state index contributed by atoms with van der Waals surface area (Å²) in [5.41, 5.74) is -0.460. The first-order valence-electron chi connectivity index (χ1n) is 6.01. The monoisotopic (exact) mass is 227 g/mol. The van der Waals surface area contributed by atoms with Crippen molar-refractivity contribution < 1.29 is 14.6 Å². The zero-order valence-corrected chi connectivity index (χ0v) is 10.3. The van der Waals surface area contributed by atoms with Crippen molar-refractivity contribution in [3.05, 3.63) is 0 Å². The SMILES string of the molecule is CC(C)(C)OC(=O)N1CC2CC(C2)C1CO. The van der Waals surface area contributed by atoms with E-state index in [0.717, 1.165) is 19.4 Å². The summed E-state index contributed by atoms with van der Waals surface area (Å²) in [6.45, 7) is 6.39. The van der Waals surface area contributed by atoms with Crippen LogP contribution < -0.4 is 0 Å². The summed E-state index contributed by atoms with van der Waals surface area (Å²) in [7, 11) is 0. The summed E-state index contributed by atoms with van der Waals surface area (Å²) in [4.78, 5) is 13.7. The van der Waals surface area contributed by atoms with E-state index >= 15 is 0 Å². The molecule has 0 aromatic heterocycles. The van der Waals surface area contributed by atoms with Gasteiger partial charge in [0.1, 0.15) is 5.60 Å². The molecule has 1 unspecified atom stereocenters. The molecule has 16 heavy (non-hydrogen) atoms. The van der Waals surface area contributed by atoms with Crippen molar-refractivity contribution in [2.24, 2.45) is 11.8 Å². The molecule has 0 aromatic carbocycles. The molecule has 1 saturated carbocycles. The maximum Gasteiger partial charge on any atom is 0.410 e. The van der Waals surface area contributed by atoms with Gasteiger partial charge in [-0.05, 0) is 45.4 Å². The zero-order chi connectivity index (χ0) is 11.9. The summed E-state index contributed by atoms with van der Waals surface area (Å²) in [5, 5.41) is 9.35. The summed E-state index contributed by atoms with van der Waals surface area (Å²) in [5.74, 6) is 1.11. The number of aliphatic hydroxyl groups is 1. The van der Waals surface area contributed by atoms with Crippen LogP contribution in [-0.4, -0.2) is 40.9 Å². The Labute approximate surface area is 96.6 Å². The number of carbonyl (C=O) groups is 1. The van der Waals surface area contributed by atoms with E-state index < -0.39 is 5.60 Å². The first kappa shape index (κ1) is 11.7. The highest BCUT2D eigenvalue weighted by Crippen LogP contribution is 2.43. The number of hydrogen-bond acceptors (Lipinski definition) is 3. The molecule has 1 N–H and O–H groups in total. The summed E-state index contributed by atoms with van der Waals surface area (Å²) < 4.78 is 5.35. The number of amides is 1. The normalized spacial score (nSPS) is 33.2. The van der Waals surface area contributed by atoms with Crippen molar-refractivity contribution in [1.82, 2.24) is 4.90 Å². The first-order valence-corrected chi connectivity index (χ1v) is 6.01. The minimum absolute atomic E-state index is 0.0279. The van der Waals surface area contributed by atoms with Crippen molar-refractivity contribution in [3.63, 3.8) is 0 Å². The molecule has 4 nitrogen and oxygen atoms in total. The minimum atomic E-state index is -0.460. The Morgan fingerprint density at radius 3 is 2.56 bits per heavy atom. The highest BCUT2D eigenvalue weighted by Gasteiger charge is 2.46. The van der Waals surface area contributed by atoms with E-state index in [0.29, 0.717) is 11.8 Å². The molecule has 0 aromatic rings. The first-order chi connectivity index (χ1) is 7.40. The molecule has 3 aliphatic rings. The lowest BCUT2D eigenvalue weighted by atomic mass is 9.67. The third-order valence-electron chi connectivity index (χ3n) is 3.49. The second-order valence-electron chi connectivity index (χ2n) is 5.98. The fraction of sp³-hybridized carbons (Fsp3) is 0.917. The number of ether oxygens (including phenoxy) is 1. The van der Waals surface area contributed by atoms with Crippen molar-refractivity contribution >= 4 is 6.09 Å². The number of fused-ring (bicyclic) bond motifs is 2. The van der Waals surface area contributed by atoms with Crippen LogP contribution >= 0.6 is 0 Å². The molecule has 3 fully saturated rings. The molecule has 0 radical (unpaired) electrons. The van der Waals surface area contributed by atoms with E-state index in [4.69, 9.17) is 4.74 Å². The smallest absolute Gasteiger partial charge is 0.410 e. The van der Waals surface area contributed by atoms with E-state index in [-0.39, 0.29) is 18.7 Å². The van der Waals surface area contributed by atoms with E-state index in [1.807, 2.05) is 20.8 Å². The van der Waals surface area contributed by atoms with Crippen LogP contribution in [0.25, 0.3) is 0 Å². The molecule has 2 saturated heterocycles. The molecular formula is C12H21NO3. The second-order valence-corrected chi connectivity index (χ2v) is 5.98. The highest BCUT2D eigenvalue weighted by molar-refractivity contribution is 5.69. The molecule has 3 rings (SSSR count). The quantitative estimate of drug-likeness (QED) is 0.740. The summed E-state index contributed by atoms with van der Waals surface area (Å²) >= 11 is 0. The van der Waals surface area contributed by atoms with Crippen LogP contribution in [0.5, 0.6) is 0 Å². The van der Waals surface area contributed by atoms with Gasteiger partial charge in [-0.3, -0.25) is 0 Å². The van der Waals surface area contributed by atoms with Gasteiger partial charge in [-0.2, -0.15) is 0 Å². The lowest BCUT2D eigenvalue weighted by Crippen LogP contribution is -2.59. The van der Waals surface area contributed by atoms with Crippen LogP contribution in [0.3, 0.4) is 0 Å². The number of nitrogens with zero attached hydrogens (tertiary/aromatic N) is 1. The van der Waals surface area contributed by atoms with Crippen LogP contribution in [0, 0.1) is 11.8 Å². The molecule has 2 bridgehead atoms. The van der Waals surface area contributed by atoms with Crippen molar-refractivity contribution in [1.29, 1.82) is 0 Å². The van der Waals surface area contributed by atoms with Gasteiger partial charge in [0.2, 0.25) is 0 Å². The number of aliphatic hydroxyl groups excluding tert-OH is 1. The predicted molar refractivity (Wildman–Crippen MR) is 60.0 cm³/mol. The summed E-state index contributed by atoms with van der Waals surface area (Å²) in [6.07, 6.45) is 2.04. The van der Waals surface area contributed by atoms with E-state index in [9.17, 15) is 9.90 Å². The van der Waals surface area contributed by atoms with Gasteiger partial charge in [0.15, 0.2) is 0 Å². The van der Waals surface area contributed by atoms with Gasteiger partial charge >= 0.3 is 6.09 Å². The maximum atomic E-state index is 11.9. The molecular weight excluding hydrogens is 206 g/mol. The molecule has 1 amide bonds. The zero-order valence-electron chi connectivity index (χ0n) is 10.3. The number of rotatable bonds is 1. The molecule has 92 valence electrons. The van der Waals surface area contributed by atoms with Crippen molar-refractivity contribution in [3.8, 4) is 0 Å². The minimum Gasteiger partial charge on any atom is -0.444 e. The number of piperidine rings is 2. The molecule has 1 atom stereocenters. The van der Waals surface area contributed by atoms with Crippen molar-refractivity contribution in [2.75, 3.05) is 13.2 Å². The number of hydrogen-bond donors (Lipinski definition) is 1. The predicted octanol–water partition coefficient (Wildman–Crippen LogP) is 1.62. The van der Waals surface area contributed by atoms with Gasteiger partial charge < -0.3 is 14.7 Å². The van der Waals surface area contributed by atoms with Gasteiger partial charge in [-0.25, -0.2) is 4.79 Å². The lowest BCUT2D eigenvalue weighted by Gasteiger charge is -2.52. The molecule has 1 aliphatic carbocycles. The van der Waals surface area contributed by atoms with Crippen LogP contribution in [0.4, 0.5) is 4.79 Å². The van der Waals surface area contributed by atoms with Crippen LogP contribution in [-0.2, 0) is 4.74 Å². The van der Waals surface area contributed by atoms with Crippen LogP contribution in [0.15, 0.2) is 0 Å². The largest absolute Gasteiger partial charge is 0.444 e. The molecule has 0 spiro atoms. The van der Waals surface area contributed by atoms with Gasteiger partial charge in [-0.1, -0.05) is 0 Å². The highest BCUT2D eigenvalue weighted by atomic mass is 16.6. The Balaban J connectivity index is 2.00. The second kappa shape index (κ2) is 3.91. The molecule has 4 heteroatoms. The van der Waals surface area contributed by atoms with Crippen LogP contribution in [0.1, 0.15) is 33.6 Å². The van der Waals surface area contributed by atoms with Gasteiger partial charge in [0.25, 0.3) is 0 Å². The summed E-state index contributed by atoms with van der Waals surface area (Å²) in [6, 6.07) is -0.0279. The standard InChI is InChI=1S/C12H21NO3/c1-12(2,3)16-11(15)13-6-8-4-9(5-8)10(13)7-14/h8-10,14H,4-7H2,1-3H3. The Hall–Kier alpha value is -0.770. The molecule has 2 aliphatic heterocycles. The van der Waals surface area contributed by atoms with E-state index in [1.54, 1.807) is 4.90 Å². The Kier molecular flexibility index (Phi) is 2.86. The van der Waals surface area contributed by atoms with Gasteiger partial charge in [0, 0.05) is 6.54 Å². The fourth-order valence-corrected chi connectivity index (χ4v) is 2.70. The van der Waals surface area contributed by atoms with Gasteiger partial charge in [0.05, 0.1) is 12.6 Å². The van der Waals surface area contributed by atoms with Crippen LogP contribution in [0.2, 0.25) is 0 Å². The van der Waals surface area contributed by atoms with E-state index in [2.05, 4.69) is 0 Å². The van der Waals surface area contributed by atoms with Gasteiger partial charge in [-0.15, -0.1) is 0 Å². The molecule has 2 heterocycles. The van der Waals surface area contributed by atoms with Crippen molar-refractivity contribution in [2.45, 2.75) is 45.3 Å². The average Bonchev–Trinajstić information content (AvgIpc) is 2.12.